The molecular weight excluding hydrogens is 155 g/mol. The van der Waals surface area contributed by atoms with Crippen LogP contribution >= 0.6 is 0 Å². The van der Waals surface area contributed by atoms with E-state index in [0.29, 0.717) is 13.1 Å². The van der Waals surface area contributed by atoms with E-state index in [0.717, 1.165) is 0 Å². The van der Waals surface area contributed by atoms with Crippen LogP contribution in [0.15, 0.2) is 0 Å². The molecule has 0 saturated carbocycles. The van der Waals surface area contributed by atoms with Gasteiger partial charge in [-0.1, -0.05) is 0 Å². The number of piperazine rings is 1. The van der Waals surface area contributed by atoms with Crippen molar-refractivity contribution in [2.24, 2.45) is 0 Å². The molecule has 2 amide bonds. The molecule has 1 fully saturated rings. The lowest BCUT2D eigenvalue weighted by Gasteiger charge is -2.31. The van der Waals surface area contributed by atoms with Crippen LogP contribution in [0.4, 0.5) is 0 Å². The number of amides is 2. The first-order valence-corrected chi connectivity index (χ1v) is 3.87. The first-order valence-electron chi connectivity index (χ1n) is 3.87. The summed E-state index contributed by atoms with van der Waals surface area (Å²) in [5.74, 6) is -0.181. The average molecular weight is 166 g/mol. The Labute approximate surface area is 72.9 Å². The molecule has 2 radical (unpaired) electrons. The molecule has 0 atom stereocenters. The summed E-state index contributed by atoms with van der Waals surface area (Å²) in [6, 6.07) is 0. The van der Waals surface area contributed by atoms with Gasteiger partial charge in [0, 0.05) is 20.1 Å². The van der Waals surface area contributed by atoms with Gasteiger partial charge < -0.3 is 9.80 Å². The third-order valence-electron chi connectivity index (χ3n) is 1.98. The lowest BCUT2D eigenvalue weighted by Crippen LogP contribution is -2.50. The van der Waals surface area contributed by atoms with E-state index in [1.54, 1.807) is 11.9 Å². The first-order chi connectivity index (χ1) is 5.65. The average Bonchev–Trinajstić information content (AvgIpc) is 2.08. The maximum Gasteiger partial charge on any atom is 0.241 e. The van der Waals surface area contributed by atoms with Gasteiger partial charge in [-0.3, -0.25) is 9.59 Å². The van der Waals surface area contributed by atoms with Crippen LogP contribution in [-0.2, 0) is 9.59 Å². The summed E-state index contributed by atoms with van der Waals surface area (Å²) in [6.07, 6.45) is -0.0169. The van der Waals surface area contributed by atoms with Crippen molar-refractivity contribution in [2.45, 2.75) is 6.32 Å². The van der Waals surface area contributed by atoms with Gasteiger partial charge in [0.15, 0.2) is 0 Å². The molecule has 0 aromatic heterocycles. The Balaban J connectivity index is 2.51. The Kier molecular flexibility index (Phi) is 2.73. The topological polar surface area (TPSA) is 40.6 Å². The van der Waals surface area contributed by atoms with Gasteiger partial charge >= 0.3 is 0 Å². The van der Waals surface area contributed by atoms with Crippen LogP contribution < -0.4 is 0 Å². The summed E-state index contributed by atoms with van der Waals surface area (Å²) in [5.41, 5.74) is 0. The number of likely N-dealkylation sites (N-methyl/N-ethyl adjacent to an activating group) is 1. The second-order valence-electron chi connectivity index (χ2n) is 2.83. The van der Waals surface area contributed by atoms with E-state index in [1.165, 1.54) is 4.90 Å². The fourth-order valence-electron chi connectivity index (χ4n) is 1.10. The van der Waals surface area contributed by atoms with Gasteiger partial charge in [-0.25, -0.2) is 0 Å². The lowest BCUT2D eigenvalue weighted by molar-refractivity contribution is -0.142. The largest absolute Gasteiger partial charge is 0.342 e. The summed E-state index contributed by atoms with van der Waals surface area (Å²) >= 11 is 0. The standard InChI is InChI=1S/C7H11BN2O2/c1-9-2-3-10(5-7(9)12)6(11)4-8/h2-5H2,1H3. The van der Waals surface area contributed by atoms with Crippen LogP contribution in [0.3, 0.4) is 0 Å². The van der Waals surface area contributed by atoms with Gasteiger partial charge in [-0.05, 0) is 6.32 Å². The van der Waals surface area contributed by atoms with Crippen LogP contribution in [-0.4, -0.2) is 56.1 Å². The van der Waals surface area contributed by atoms with Crippen molar-refractivity contribution in [3.8, 4) is 0 Å². The molecule has 12 heavy (non-hydrogen) atoms. The molecule has 0 bridgehead atoms. The van der Waals surface area contributed by atoms with Crippen LogP contribution in [0.5, 0.6) is 0 Å². The third kappa shape index (κ3) is 1.78. The fraction of sp³-hybridized carbons (Fsp3) is 0.714. The normalized spacial score (nSPS) is 18.2. The maximum atomic E-state index is 11.1. The number of carbonyl (C=O) groups excluding carboxylic acids is 2. The SMILES string of the molecule is [B]CC(=O)N1CCN(C)C(=O)C1. The van der Waals surface area contributed by atoms with E-state index in [4.69, 9.17) is 7.85 Å². The number of hydrogen-bond donors (Lipinski definition) is 0. The second-order valence-corrected chi connectivity index (χ2v) is 2.83. The van der Waals surface area contributed by atoms with Crippen LogP contribution in [0.1, 0.15) is 0 Å². The number of nitrogens with zero attached hydrogens (tertiary/aromatic N) is 2. The highest BCUT2D eigenvalue weighted by molar-refractivity contribution is 6.19. The summed E-state index contributed by atoms with van der Waals surface area (Å²) in [5, 5.41) is 0. The van der Waals surface area contributed by atoms with E-state index in [-0.39, 0.29) is 24.7 Å². The van der Waals surface area contributed by atoms with Gasteiger partial charge in [0.05, 0.1) is 14.4 Å². The summed E-state index contributed by atoms with van der Waals surface area (Å²) in [7, 11) is 6.90. The number of rotatable bonds is 1. The van der Waals surface area contributed by atoms with Crippen molar-refractivity contribution in [1.82, 2.24) is 9.80 Å². The van der Waals surface area contributed by atoms with Gasteiger partial charge in [-0.15, -0.1) is 0 Å². The molecule has 1 aliphatic rings. The third-order valence-corrected chi connectivity index (χ3v) is 1.98. The highest BCUT2D eigenvalue weighted by atomic mass is 16.2. The van der Waals surface area contributed by atoms with Gasteiger partial charge in [-0.2, -0.15) is 0 Å². The molecule has 1 aliphatic heterocycles. The Morgan fingerprint density at radius 2 is 2.25 bits per heavy atom. The van der Waals surface area contributed by atoms with Crippen molar-refractivity contribution >= 4 is 19.7 Å². The Morgan fingerprint density at radius 3 is 2.75 bits per heavy atom. The van der Waals surface area contributed by atoms with Gasteiger partial charge in [0.25, 0.3) is 0 Å². The van der Waals surface area contributed by atoms with Crippen LogP contribution in [0.2, 0.25) is 6.32 Å². The molecule has 0 aromatic rings. The molecular formula is C7H11BN2O2. The van der Waals surface area contributed by atoms with E-state index in [1.807, 2.05) is 0 Å². The Bertz CT molecular complexity index is 206. The predicted molar refractivity (Wildman–Crippen MR) is 44.8 cm³/mol. The Morgan fingerprint density at radius 1 is 1.58 bits per heavy atom. The molecule has 4 nitrogen and oxygen atoms in total. The molecule has 5 heteroatoms. The zero-order valence-corrected chi connectivity index (χ0v) is 7.12. The van der Waals surface area contributed by atoms with Crippen molar-refractivity contribution in [3.05, 3.63) is 0 Å². The lowest BCUT2D eigenvalue weighted by atomic mass is 10.0. The van der Waals surface area contributed by atoms with E-state index in [2.05, 4.69) is 0 Å². The summed E-state index contributed by atoms with van der Waals surface area (Å²) < 4.78 is 0. The molecule has 0 aromatic carbocycles. The zero-order valence-electron chi connectivity index (χ0n) is 7.12. The minimum atomic E-state index is -0.156. The van der Waals surface area contributed by atoms with Crippen LogP contribution in [0.25, 0.3) is 0 Å². The molecule has 0 aliphatic carbocycles. The molecule has 0 N–H and O–H groups in total. The fourth-order valence-corrected chi connectivity index (χ4v) is 1.10. The van der Waals surface area contributed by atoms with Crippen molar-refractivity contribution in [3.63, 3.8) is 0 Å². The highest BCUT2D eigenvalue weighted by Gasteiger charge is 2.23. The maximum absolute atomic E-state index is 11.1. The summed E-state index contributed by atoms with van der Waals surface area (Å²) in [6.45, 7) is 1.37. The van der Waals surface area contributed by atoms with Crippen molar-refractivity contribution in [2.75, 3.05) is 26.7 Å². The van der Waals surface area contributed by atoms with E-state index >= 15 is 0 Å². The molecule has 1 rings (SSSR count). The van der Waals surface area contributed by atoms with Crippen molar-refractivity contribution in [1.29, 1.82) is 0 Å². The number of carbonyl (C=O) groups is 2. The molecule has 1 saturated heterocycles. The number of hydrogen-bond acceptors (Lipinski definition) is 2. The molecule has 0 unspecified atom stereocenters. The minimum Gasteiger partial charge on any atom is -0.342 e. The summed E-state index contributed by atoms with van der Waals surface area (Å²) in [4.78, 5) is 25.3. The van der Waals surface area contributed by atoms with Crippen molar-refractivity contribution < 1.29 is 9.59 Å². The van der Waals surface area contributed by atoms with E-state index in [9.17, 15) is 9.59 Å². The smallest absolute Gasteiger partial charge is 0.241 e. The molecule has 1 heterocycles. The monoisotopic (exact) mass is 166 g/mol. The zero-order chi connectivity index (χ0) is 9.14. The highest BCUT2D eigenvalue weighted by Crippen LogP contribution is 2.02. The van der Waals surface area contributed by atoms with Gasteiger partial charge in [0.1, 0.15) is 0 Å². The minimum absolute atomic E-state index is 0.0169. The van der Waals surface area contributed by atoms with Gasteiger partial charge in [0.2, 0.25) is 11.8 Å². The Hall–Kier alpha value is -0.995. The first kappa shape index (κ1) is 9.10. The van der Waals surface area contributed by atoms with Crippen LogP contribution in [0, 0.1) is 0 Å². The second kappa shape index (κ2) is 3.60. The quantitative estimate of drug-likeness (QED) is 0.462. The molecule has 64 valence electrons. The predicted octanol–water partition coefficient (Wildman–Crippen LogP) is -1.13. The molecule has 0 spiro atoms. The van der Waals surface area contributed by atoms with E-state index < -0.39 is 0 Å².